The summed E-state index contributed by atoms with van der Waals surface area (Å²) in [7, 11) is 3.63. The van der Waals surface area contributed by atoms with E-state index in [1.807, 2.05) is 31.0 Å². The largest absolute Gasteiger partial charge is 0.348 e. The molecule has 1 saturated carbocycles. The third kappa shape index (κ3) is 3.65. The van der Waals surface area contributed by atoms with Crippen LogP contribution in [0, 0.1) is 0 Å². The van der Waals surface area contributed by atoms with E-state index in [9.17, 15) is 4.79 Å². The van der Waals surface area contributed by atoms with Gasteiger partial charge < -0.3 is 9.47 Å². The summed E-state index contributed by atoms with van der Waals surface area (Å²) in [5.74, 6) is 2.75. The second-order valence-corrected chi connectivity index (χ2v) is 7.62. The van der Waals surface area contributed by atoms with E-state index in [2.05, 4.69) is 24.8 Å². The van der Waals surface area contributed by atoms with Crippen molar-refractivity contribution in [1.29, 1.82) is 0 Å². The lowest BCUT2D eigenvalue weighted by Crippen LogP contribution is -2.41. The highest BCUT2D eigenvalue weighted by Crippen LogP contribution is 2.39. The Morgan fingerprint density at radius 1 is 1.19 bits per heavy atom. The summed E-state index contributed by atoms with van der Waals surface area (Å²) in [5, 5.41) is 13.4. The lowest BCUT2D eigenvalue weighted by molar-refractivity contribution is -0.130. The lowest BCUT2D eigenvalue weighted by Gasteiger charge is -2.31. The van der Waals surface area contributed by atoms with Crippen molar-refractivity contribution >= 4 is 5.91 Å². The SMILES string of the molecule is CN(C)C(=O)CN1CCC(c2nnc(Cn3cccn3)n2C2CC2)CC1. The van der Waals surface area contributed by atoms with Gasteiger partial charge in [-0.05, 0) is 44.8 Å². The summed E-state index contributed by atoms with van der Waals surface area (Å²) >= 11 is 0. The van der Waals surface area contributed by atoms with Crippen LogP contribution in [-0.2, 0) is 11.3 Å². The summed E-state index contributed by atoms with van der Waals surface area (Å²) in [4.78, 5) is 15.8. The van der Waals surface area contributed by atoms with E-state index in [1.165, 1.54) is 12.8 Å². The number of carbonyl (C=O) groups excluding carboxylic acids is 1. The number of likely N-dealkylation sites (tertiary alicyclic amines) is 1. The number of likely N-dealkylation sites (N-methyl/N-ethyl adjacent to an activating group) is 1. The minimum absolute atomic E-state index is 0.172. The summed E-state index contributed by atoms with van der Waals surface area (Å²) < 4.78 is 4.27. The van der Waals surface area contributed by atoms with E-state index < -0.39 is 0 Å². The first-order chi connectivity index (χ1) is 12.6. The Morgan fingerprint density at radius 3 is 2.58 bits per heavy atom. The monoisotopic (exact) mass is 357 g/mol. The molecule has 1 aliphatic heterocycles. The van der Waals surface area contributed by atoms with Crippen LogP contribution in [0.3, 0.4) is 0 Å². The van der Waals surface area contributed by atoms with Crippen LogP contribution in [0.5, 0.6) is 0 Å². The number of amides is 1. The summed E-state index contributed by atoms with van der Waals surface area (Å²) in [6.45, 7) is 3.07. The molecule has 0 atom stereocenters. The Hall–Kier alpha value is -2.22. The van der Waals surface area contributed by atoms with Crippen molar-refractivity contribution in [3.8, 4) is 0 Å². The highest BCUT2D eigenvalue weighted by molar-refractivity contribution is 5.77. The molecule has 0 radical (unpaired) electrons. The molecule has 2 aliphatic rings. The molecule has 2 fully saturated rings. The smallest absolute Gasteiger partial charge is 0.236 e. The predicted molar refractivity (Wildman–Crippen MR) is 96.7 cm³/mol. The average molecular weight is 357 g/mol. The van der Waals surface area contributed by atoms with Gasteiger partial charge >= 0.3 is 0 Å². The molecule has 26 heavy (non-hydrogen) atoms. The molecule has 0 spiro atoms. The number of piperidine rings is 1. The van der Waals surface area contributed by atoms with Crippen molar-refractivity contribution in [3.63, 3.8) is 0 Å². The molecule has 8 nitrogen and oxygen atoms in total. The summed E-state index contributed by atoms with van der Waals surface area (Å²) in [6.07, 6.45) is 8.26. The van der Waals surface area contributed by atoms with Crippen molar-refractivity contribution < 1.29 is 4.79 Å². The van der Waals surface area contributed by atoms with E-state index >= 15 is 0 Å². The zero-order valence-corrected chi connectivity index (χ0v) is 15.6. The van der Waals surface area contributed by atoms with Crippen LogP contribution < -0.4 is 0 Å². The molecular weight excluding hydrogens is 330 g/mol. The number of aromatic nitrogens is 5. The van der Waals surface area contributed by atoms with Crippen molar-refractivity contribution in [3.05, 3.63) is 30.1 Å². The lowest BCUT2D eigenvalue weighted by atomic mass is 9.95. The highest BCUT2D eigenvalue weighted by Gasteiger charge is 2.33. The molecule has 2 aromatic rings. The predicted octanol–water partition coefficient (Wildman–Crippen LogP) is 1.13. The van der Waals surface area contributed by atoms with Crippen LogP contribution in [0.1, 0.15) is 49.3 Å². The van der Waals surface area contributed by atoms with E-state index in [4.69, 9.17) is 0 Å². The quantitative estimate of drug-likeness (QED) is 0.775. The average Bonchev–Trinajstić information content (AvgIpc) is 3.17. The van der Waals surface area contributed by atoms with E-state index in [0.29, 0.717) is 25.0 Å². The number of rotatable bonds is 6. The molecule has 0 unspecified atom stereocenters. The molecule has 140 valence electrons. The van der Waals surface area contributed by atoms with Gasteiger partial charge in [0.1, 0.15) is 12.4 Å². The molecular formula is C18H27N7O. The Labute approximate surface area is 153 Å². The Balaban J connectivity index is 1.44. The number of hydrogen-bond donors (Lipinski definition) is 0. The normalized spacial score (nSPS) is 19.0. The highest BCUT2D eigenvalue weighted by atomic mass is 16.2. The maximum absolute atomic E-state index is 11.9. The van der Waals surface area contributed by atoms with Crippen LogP contribution >= 0.6 is 0 Å². The van der Waals surface area contributed by atoms with Gasteiger partial charge in [0.15, 0.2) is 5.82 Å². The van der Waals surface area contributed by atoms with Crippen LogP contribution in [0.15, 0.2) is 18.5 Å². The fourth-order valence-corrected chi connectivity index (χ4v) is 3.68. The maximum Gasteiger partial charge on any atom is 0.236 e. The molecule has 0 N–H and O–H groups in total. The maximum atomic E-state index is 11.9. The van der Waals surface area contributed by atoms with E-state index in [1.54, 1.807) is 11.1 Å². The number of carbonyl (C=O) groups is 1. The van der Waals surface area contributed by atoms with Gasteiger partial charge in [-0.2, -0.15) is 5.10 Å². The van der Waals surface area contributed by atoms with Gasteiger partial charge in [-0.1, -0.05) is 0 Å². The molecule has 1 saturated heterocycles. The third-order valence-corrected chi connectivity index (χ3v) is 5.38. The standard InChI is InChI=1S/C18H27N7O/c1-22(2)17(26)13-23-10-6-14(7-11-23)18-21-20-16(25(18)15-4-5-15)12-24-9-3-8-19-24/h3,8-9,14-15H,4-7,10-13H2,1-2H3. The topological polar surface area (TPSA) is 72.1 Å². The number of hydrogen-bond acceptors (Lipinski definition) is 5. The van der Waals surface area contributed by atoms with Gasteiger partial charge in [-0.25, -0.2) is 0 Å². The molecule has 4 rings (SSSR count). The van der Waals surface area contributed by atoms with Gasteiger partial charge in [-0.15, -0.1) is 10.2 Å². The zero-order valence-electron chi connectivity index (χ0n) is 15.6. The van der Waals surface area contributed by atoms with Crippen LogP contribution in [0.2, 0.25) is 0 Å². The molecule has 2 aromatic heterocycles. The first-order valence-corrected chi connectivity index (χ1v) is 9.45. The fraction of sp³-hybridized carbons (Fsp3) is 0.667. The molecule has 1 aliphatic carbocycles. The molecule has 0 aromatic carbocycles. The van der Waals surface area contributed by atoms with Crippen LogP contribution in [0.4, 0.5) is 0 Å². The summed E-state index contributed by atoms with van der Waals surface area (Å²) in [6, 6.07) is 2.49. The molecule has 8 heteroatoms. The fourth-order valence-electron chi connectivity index (χ4n) is 3.68. The van der Waals surface area contributed by atoms with Gasteiger partial charge in [0.25, 0.3) is 0 Å². The Bertz CT molecular complexity index is 740. The van der Waals surface area contributed by atoms with Gasteiger partial charge in [-0.3, -0.25) is 14.4 Å². The molecule has 1 amide bonds. The van der Waals surface area contributed by atoms with Gasteiger partial charge in [0.2, 0.25) is 5.91 Å². The second kappa shape index (κ2) is 7.19. The van der Waals surface area contributed by atoms with Crippen molar-refractivity contribution in [1.82, 2.24) is 34.3 Å². The first-order valence-electron chi connectivity index (χ1n) is 9.45. The minimum atomic E-state index is 0.172. The molecule has 3 heterocycles. The molecule has 0 bridgehead atoms. The van der Waals surface area contributed by atoms with Crippen LogP contribution in [-0.4, -0.2) is 74.0 Å². The van der Waals surface area contributed by atoms with Crippen molar-refractivity contribution in [2.75, 3.05) is 33.7 Å². The van der Waals surface area contributed by atoms with Crippen LogP contribution in [0.25, 0.3) is 0 Å². The van der Waals surface area contributed by atoms with Crippen molar-refractivity contribution in [2.45, 2.75) is 44.2 Å². The number of nitrogens with zero attached hydrogens (tertiary/aromatic N) is 7. The third-order valence-electron chi connectivity index (χ3n) is 5.38. The van der Waals surface area contributed by atoms with E-state index in [-0.39, 0.29) is 5.91 Å². The van der Waals surface area contributed by atoms with Gasteiger partial charge in [0, 0.05) is 38.4 Å². The summed E-state index contributed by atoms with van der Waals surface area (Å²) in [5.41, 5.74) is 0. The second-order valence-electron chi connectivity index (χ2n) is 7.62. The van der Waals surface area contributed by atoms with E-state index in [0.717, 1.165) is 37.6 Å². The minimum Gasteiger partial charge on any atom is -0.348 e. The van der Waals surface area contributed by atoms with Gasteiger partial charge in [0.05, 0.1) is 6.54 Å². The van der Waals surface area contributed by atoms with Crippen molar-refractivity contribution in [2.24, 2.45) is 0 Å². The first kappa shape index (κ1) is 17.2. The Kier molecular flexibility index (Phi) is 4.76. The zero-order chi connectivity index (χ0) is 18.1. The Morgan fingerprint density at radius 2 is 1.96 bits per heavy atom.